The first-order valence-electron chi connectivity index (χ1n) is 10.2. The van der Waals surface area contributed by atoms with Crippen molar-refractivity contribution in [3.05, 3.63) is 12.2 Å². The zero-order chi connectivity index (χ0) is 16.7. The Morgan fingerprint density at radius 2 is 0.955 bits per heavy atom. The predicted molar refractivity (Wildman–Crippen MR) is 104 cm³/mol. The van der Waals surface area contributed by atoms with Gasteiger partial charge in [-0.05, 0) is 25.2 Å². The summed E-state index contributed by atoms with van der Waals surface area (Å²) in [4.78, 5) is 0. The molecule has 0 heteroatoms. The second-order valence-corrected chi connectivity index (χ2v) is 7.73. The minimum atomic E-state index is 0.397. The smallest absolute Gasteiger partial charge is 0.0122 e. The van der Waals surface area contributed by atoms with Crippen LogP contribution in [0.25, 0.3) is 0 Å². The maximum Gasteiger partial charge on any atom is -0.0122 e. The van der Waals surface area contributed by atoms with E-state index in [1.807, 2.05) is 0 Å². The number of allylic oxidation sites excluding steroid dienone is 1. The van der Waals surface area contributed by atoms with Gasteiger partial charge in [-0.15, -0.1) is 0 Å². The molecule has 0 bridgehead atoms. The van der Waals surface area contributed by atoms with Crippen LogP contribution in [0.1, 0.15) is 124 Å². The third-order valence-electron chi connectivity index (χ3n) is 5.44. The van der Waals surface area contributed by atoms with Gasteiger partial charge in [0, 0.05) is 0 Å². The first-order chi connectivity index (χ1) is 10.6. The highest BCUT2D eigenvalue weighted by molar-refractivity contribution is 5.05. The van der Waals surface area contributed by atoms with Crippen molar-refractivity contribution >= 4 is 0 Å². The molecule has 0 aromatic heterocycles. The first-order valence-corrected chi connectivity index (χ1v) is 10.2. The lowest BCUT2D eigenvalue weighted by Gasteiger charge is -2.30. The molecule has 0 aromatic carbocycles. The summed E-state index contributed by atoms with van der Waals surface area (Å²) in [6, 6.07) is 0. The average molecular weight is 309 g/mol. The molecule has 0 aromatic rings. The molecule has 0 amide bonds. The fourth-order valence-electron chi connectivity index (χ4n) is 3.32. The van der Waals surface area contributed by atoms with Gasteiger partial charge in [0.2, 0.25) is 0 Å². The Kier molecular flexibility index (Phi) is 14.2. The molecule has 0 spiro atoms. The van der Waals surface area contributed by atoms with E-state index in [0.717, 1.165) is 0 Å². The van der Waals surface area contributed by atoms with E-state index in [2.05, 4.69) is 34.3 Å². The zero-order valence-corrected chi connectivity index (χ0v) is 16.3. The molecule has 0 aliphatic rings. The Labute approximate surface area is 142 Å². The van der Waals surface area contributed by atoms with Gasteiger partial charge in [-0.1, -0.05) is 116 Å². The van der Waals surface area contributed by atoms with E-state index in [-0.39, 0.29) is 0 Å². The van der Waals surface area contributed by atoms with E-state index in [0.29, 0.717) is 5.41 Å². The van der Waals surface area contributed by atoms with Gasteiger partial charge in [-0.25, -0.2) is 0 Å². The lowest BCUT2D eigenvalue weighted by atomic mass is 9.75. The number of hydrogen-bond acceptors (Lipinski definition) is 0. The highest BCUT2D eigenvalue weighted by atomic mass is 14.3. The van der Waals surface area contributed by atoms with Crippen LogP contribution in [0.2, 0.25) is 0 Å². The molecule has 0 saturated heterocycles. The van der Waals surface area contributed by atoms with E-state index in [9.17, 15) is 0 Å². The summed E-state index contributed by atoms with van der Waals surface area (Å²) in [7, 11) is 0. The zero-order valence-electron chi connectivity index (χ0n) is 16.3. The fourth-order valence-corrected chi connectivity index (χ4v) is 3.32. The topological polar surface area (TPSA) is 0 Å². The van der Waals surface area contributed by atoms with Gasteiger partial charge in [0.05, 0.1) is 0 Å². The Morgan fingerprint density at radius 3 is 1.27 bits per heavy atom. The van der Waals surface area contributed by atoms with Crippen LogP contribution in [-0.4, -0.2) is 0 Å². The molecule has 0 N–H and O–H groups in total. The van der Waals surface area contributed by atoms with Crippen molar-refractivity contribution in [2.45, 2.75) is 124 Å². The summed E-state index contributed by atoms with van der Waals surface area (Å²) in [6.07, 6.45) is 21.0. The predicted octanol–water partition coefficient (Wildman–Crippen LogP) is 8.46. The molecule has 0 radical (unpaired) electrons. The first kappa shape index (κ1) is 21.7. The SMILES string of the molecule is C=C(C)C(C)(CCCCCCCC)CCCCCCCCC. The van der Waals surface area contributed by atoms with Crippen LogP contribution < -0.4 is 0 Å². The molecule has 0 fully saturated rings. The summed E-state index contributed by atoms with van der Waals surface area (Å²) in [5.74, 6) is 0. The second-order valence-electron chi connectivity index (χ2n) is 7.73. The van der Waals surface area contributed by atoms with Crippen LogP contribution in [0.4, 0.5) is 0 Å². The van der Waals surface area contributed by atoms with Crippen LogP contribution in [0, 0.1) is 5.41 Å². The van der Waals surface area contributed by atoms with E-state index >= 15 is 0 Å². The molecule has 0 aliphatic heterocycles. The van der Waals surface area contributed by atoms with Crippen molar-refractivity contribution in [1.82, 2.24) is 0 Å². The van der Waals surface area contributed by atoms with E-state index in [4.69, 9.17) is 0 Å². The van der Waals surface area contributed by atoms with Crippen molar-refractivity contribution in [2.24, 2.45) is 5.41 Å². The highest BCUT2D eigenvalue weighted by Crippen LogP contribution is 2.37. The number of unbranched alkanes of at least 4 members (excludes halogenated alkanes) is 11. The normalized spacial score (nSPS) is 14.0. The van der Waals surface area contributed by atoms with Crippen LogP contribution >= 0.6 is 0 Å². The summed E-state index contributed by atoms with van der Waals surface area (Å²) < 4.78 is 0. The number of hydrogen-bond donors (Lipinski definition) is 0. The molecule has 1 atom stereocenters. The minimum Gasteiger partial charge on any atom is -0.0996 e. The molecule has 0 aliphatic carbocycles. The molecule has 0 rings (SSSR count). The summed E-state index contributed by atoms with van der Waals surface area (Å²) >= 11 is 0. The standard InChI is InChI=1S/C22H44/c1-6-8-10-12-14-16-18-20-22(5,21(3)4)19-17-15-13-11-9-7-2/h3,6-20H2,1-2,4-5H3. The van der Waals surface area contributed by atoms with Gasteiger partial charge < -0.3 is 0 Å². The molecular weight excluding hydrogens is 264 g/mol. The van der Waals surface area contributed by atoms with Gasteiger partial charge in [-0.3, -0.25) is 0 Å². The Bertz CT molecular complexity index is 253. The fraction of sp³-hybridized carbons (Fsp3) is 0.909. The average Bonchev–Trinajstić information content (AvgIpc) is 2.49. The molecule has 0 saturated carbocycles. The molecule has 0 heterocycles. The molecule has 22 heavy (non-hydrogen) atoms. The lowest BCUT2D eigenvalue weighted by Crippen LogP contribution is -2.17. The van der Waals surface area contributed by atoms with Gasteiger partial charge in [0.25, 0.3) is 0 Å². The van der Waals surface area contributed by atoms with Gasteiger partial charge >= 0.3 is 0 Å². The Balaban J connectivity index is 3.79. The number of rotatable bonds is 16. The quantitative estimate of drug-likeness (QED) is 0.198. The highest BCUT2D eigenvalue weighted by Gasteiger charge is 2.23. The van der Waals surface area contributed by atoms with Crippen molar-refractivity contribution in [2.75, 3.05) is 0 Å². The third kappa shape index (κ3) is 11.3. The summed E-state index contributed by atoms with van der Waals surface area (Å²) in [5, 5.41) is 0. The Hall–Kier alpha value is -0.260. The summed E-state index contributed by atoms with van der Waals surface area (Å²) in [5.41, 5.74) is 1.81. The van der Waals surface area contributed by atoms with Crippen LogP contribution in [0.15, 0.2) is 12.2 Å². The van der Waals surface area contributed by atoms with E-state index < -0.39 is 0 Å². The summed E-state index contributed by atoms with van der Waals surface area (Å²) in [6.45, 7) is 13.6. The van der Waals surface area contributed by atoms with Crippen molar-refractivity contribution in [3.8, 4) is 0 Å². The van der Waals surface area contributed by atoms with Crippen LogP contribution in [0.5, 0.6) is 0 Å². The van der Waals surface area contributed by atoms with Crippen molar-refractivity contribution in [1.29, 1.82) is 0 Å². The molecule has 132 valence electrons. The van der Waals surface area contributed by atoms with Crippen molar-refractivity contribution < 1.29 is 0 Å². The lowest BCUT2D eigenvalue weighted by molar-refractivity contribution is 0.307. The van der Waals surface area contributed by atoms with Gasteiger partial charge in [0.1, 0.15) is 0 Å². The molecule has 1 unspecified atom stereocenters. The molecule has 0 nitrogen and oxygen atoms in total. The van der Waals surface area contributed by atoms with Gasteiger partial charge in [0.15, 0.2) is 0 Å². The second kappa shape index (κ2) is 14.3. The Morgan fingerprint density at radius 1 is 0.636 bits per heavy atom. The monoisotopic (exact) mass is 308 g/mol. The van der Waals surface area contributed by atoms with E-state index in [1.54, 1.807) is 0 Å². The minimum absolute atomic E-state index is 0.397. The maximum atomic E-state index is 4.29. The van der Waals surface area contributed by atoms with Crippen LogP contribution in [0.3, 0.4) is 0 Å². The van der Waals surface area contributed by atoms with Crippen LogP contribution in [-0.2, 0) is 0 Å². The molecular formula is C22H44. The van der Waals surface area contributed by atoms with E-state index in [1.165, 1.54) is 102 Å². The third-order valence-corrected chi connectivity index (χ3v) is 5.44. The largest absolute Gasteiger partial charge is 0.0996 e. The maximum absolute atomic E-state index is 4.29. The van der Waals surface area contributed by atoms with Crippen molar-refractivity contribution in [3.63, 3.8) is 0 Å². The van der Waals surface area contributed by atoms with Gasteiger partial charge in [-0.2, -0.15) is 0 Å².